The molecule has 5 nitrogen and oxygen atoms in total. The average molecular weight is 464 g/mol. The van der Waals surface area contributed by atoms with E-state index in [4.69, 9.17) is 38.0 Å². The zero-order valence-electron chi connectivity index (χ0n) is 16.9. The molecule has 0 radical (unpaired) electrons. The highest BCUT2D eigenvalue weighted by Crippen LogP contribution is 2.38. The first-order valence-electron chi connectivity index (χ1n) is 9.36. The summed E-state index contributed by atoms with van der Waals surface area (Å²) in [5, 5.41) is 0.389. The van der Waals surface area contributed by atoms with Gasteiger partial charge >= 0.3 is 0 Å². The van der Waals surface area contributed by atoms with Crippen LogP contribution in [0.4, 0.5) is 0 Å². The van der Waals surface area contributed by atoms with Crippen molar-refractivity contribution in [2.24, 2.45) is 0 Å². The highest BCUT2D eigenvalue weighted by Gasteiger charge is 2.28. The van der Waals surface area contributed by atoms with Crippen LogP contribution < -0.4 is 14.2 Å². The van der Waals surface area contributed by atoms with E-state index in [2.05, 4.69) is 6.92 Å². The van der Waals surface area contributed by atoms with Crippen molar-refractivity contribution in [2.75, 3.05) is 27.4 Å². The lowest BCUT2D eigenvalue weighted by molar-refractivity contribution is -0.121. The summed E-state index contributed by atoms with van der Waals surface area (Å²) in [7, 11) is 3.20. The van der Waals surface area contributed by atoms with Crippen molar-refractivity contribution in [3.05, 3.63) is 57.5 Å². The molecule has 1 saturated heterocycles. The highest BCUT2D eigenvalue weighted by atomic mass is 35.5. The van der Waals surface area contributed by atoms with Crippen molar-refractivity contribution in [3.63, 3.8) is 0 Å². The molecule has 0 N–H and O–H groups in total. The number of carbonyl (C=O) groups is 1. The number of carbonyl (C=O) groups excluding carboxylic acids is 1. The molecule has 1 aliphatic rings. The lowest BCUT2D eigenvalue weighted by atomic mass is 10.2. The van der Waals surface area contributed by atoms with Crippen LogP contribution in [-0.4, -0.2) is 42.5 Å². The molecule has 2 aromatic carbocycles. The van der Waals surface area contributed by atoms with E-state index in [0.717, 1.165) is 17.7 Å². The van der Waals surface area contributed by atoms with Crippen LogP contribution in [-0.2, 0) is 11.2 Å². The van der Waals surface area contributed by atoms with Crippen LogP contribution in [0.2, 0.25) is 5.02 Å². The molecule has 0 aromatic heterocycles. The van der Waals surface area contributed by atoms with E-state index in [-0.39, 0.29) is 5.91 Å². The fourth-order valence-electron chi connectivity index (χ4n) is 2.78. The summed E-state index contributed by atoms with van der Waals surface area (Å²) < 4.78 is 17.5. The van der Waals surface area contributed by atoms with Crippen molar-refractivity contribution in [3.8, 4) is 17.2 Å². The zero-order valence-corrected chi connectivity index (χ0v) is 19.3. The van der Waals surface area contributed by atoms with Gasteiger partial charge in [-0.15, -0.1) is 0 Å². The third-order valence-corrected chi connectivity index (χ3v) is 6.23. The molecule has 8 heteroatoms. The van der Waals surface area contributed by atoms with Gasteiger partial charge in [-0.05, 0) is 47.9 Å². The van der Waals surface area contributed by atoms with E-state index in [9.17, 15) is 4.79 Å². The fraction of sp³-hybridized carbons (Fsp3) is 0.273. The summed E-state index contributed by atoms with van der Waals surface area (Å²) in [6.07, 6.45) is 2.73. The average Bonchev–Trinajstić information content (AvgIpc) is 2.98. The number of ether oxygens (including phenoxy) is 3. The number of halogens is 1. The van der Waals surface area contributed by atoms with Gasteiger partial charge in [0.1, 0.15) is 23.3 Å². The van der Waals surface area contributed by atoms with Gasteiger partial charge < -0.3 is 14.2 Å². The molecular weight excluding hydrogens is 442 g/mol. The van der Waals surface area contributed by atoms with Gasteiger partial charge in [0.15, 0.2) is 11.5 Å². The van der Waals surface area contributed by atoms with Crippen LogP contribution in [0.3, 0.4) is 0 Å². The largest absolute Gasteiger partial charge is 0.493 e. The van der Waals surface area contributed by atoms with Crippen molar-refractivity contribution in [1.29, 1.82) is 0 Å². The summed E-state index contributed by atoms with van der Waals surface area (Å²) in [5.41, 5.74) is 1.99. The van der Waals surface area contributed by atoms with Crippen molar-refractivity contribution in [2.45, 2.75) is 13.3 Å². The van der Waals surface area contributed by atoms with E-state index in [1.165, 1.54) is 22.2 Å². The van der Waals surface area contributed by atoms with E-state index in [0.29, 0.717) is 39.0 Å². The highest BCUT2D eigenvalue weighted by molar-refractivity contribution is 8.26. The maximum atomic E-state index is 12.2. The number of amides is 1. The molecule has 2 aromatic rings. The molecule has 3 rings (SSSR count). The normalized spacial score (nSPS) is 15.1. The molecule has 0 saturated carbocycles. The molecular formula is C22H22ClNO4S2. The van der Waals surface area contributed by atoms with Crippen molar-refractivity contribution >= 4 is 51.9 Å². The van der Waals surface area contributed by atoms with Crippen LogP contribution in [0.15, 0.2) is 41.3 Å². The second kappa shape index (κ2) is 10.2. The Balaban J connectivity index is 1.65. The second-order valence-electron chi connectivity index (χ2n) is 6.47. The van der Waals surface area contributed by atoms with Gasteiger partial charge in [-0.2, -0.15) is 0 Å². The Labute approximate surface area is 190 Å². The number of rotatable bonds is 8. The molecule has 0 atom stereocenters. The van der Waals surface area contributed by atoms with E-state index < -0.39 is 0 Å². The summed E-state index contributed by atoms with van der Waals surface area (Å²) in [6, 6.07) is 11.5. The standard InChI is InChI=1S/C22H22ClNO4S2/c1-4-14-5-7-16(8-6-14)27-9-10-28-20-17(23)11-15(12-18(20)26-3)13-19-21(25)24(2)22(29)30-19/h5-8,11-13H,4,9-10H2,1-3H3. The Hall–Kier alpha value is -2.22. The zero-order chi connectivity index (χ0) is 21.7. The second-order valence-corrected chi connectivity index (χ2v) is 8.55. The molecule has 1 fully saturated rings. The Morgan fingerprint density at radius 1 is 1.17 bits per heavy atom. The molecule has 1 heterocycles. The minimum atomic E-state index is -0.135. The summed E-state index contributed by atoms with van der Waals surface area (Å²) in [6.45, 7) is 2.78. The molecule has 158 valence electrons. The molecule has 0 aliphatic carbocycles. The van der Waals surface area contributed by atoms with Gasteiger partial charge in [-0.3, -0.25) is 9.69 Å². The van der Waals surface area contributed by atoms with Crippen LogP contribution in [0.25, 0.3) is 6.08 Å². The van der Waals surface area contributed by atoms with Gasteiger partial charge in [0.25, 0.3) is 5.91 Å². The first-order chi connectivity index (χ1) is 14.4. The quantitative estimate of drug-likeness (QED) is 0.304. The molecule has 0 unspecified atom stereocenters. The van der Waals surface area contributed by atoms with Crippen LogP contribution in [0, 0.1) is 0 Å². The van der Waals surface area contributed by atoms with Gasteiger partial charge in [0.05, 0.1) is 17.0 Å². The Morgan fingerprint density at radius 3 is 2.47 bits per heavy atom. The number of hydrogen-bond acceptors (Lipinski definition) is 6. The summed E-state index contributed by atoms with van der Waals surface area (Å²) in [4.78, 5) is 14.2. The number of aryl methyl sites for hydroxylation is 1. The minimum absolute atomic E-state index is 0.135. The molecule has 0 spiro atoms. The summed E-state index contributed by atoms with van der Waals surface area (Å²) in [5.74, 6) is 1.57. The maximum absolute atomic E-state index is 12.2. The number of nitrogens with zero attached hydrogens (tertiary/aromatic N) is 1. The van der Waals surface area contributed by atoms with Crippen molar-refractivity contribution in [1.82, 2.24) is 4.90 Å². The molecule has 30 heavy (non-hydrogen) atoms. The number of hydrogen-bond donors (Lipinski definition) is 0. The monoisotopic (exact) mass is 463 g/mol. The minimum Gasteiger partial charge on any atom is -0.493 e. The lowest BCUT2D eigenvalue weighted by Crippen LogP contribution is -2.22. The number of likely N-dealkylation sites (N-methyl/N-ethyl adjacent to an activating group) is 1. The predicted molar refractivity (Wildman–Crippen MR) is 126 cm³/mol. The third-order valence-electron chi connectivity index (χ3n) is 4.47. The molecule has 1 aliphatic heterocycles. The Kier molecular flexibility index (Phi) is 7.64. The number of methoxy groups -OCH3 is 1. The van der Waals surface area contributed by atoms with Crippen LogP contribution in [0.1, 0.15) is 18.1 Å². The van der Waals surface area contributed by atoms with Crippen LogP contribution >= 0.6 is 35.6 Å². The van der Waals surface area contributed by atoms with Crippen molar-refractivity contribution < 1.29 is 19.0 Å². The van der Waals surface area contributed by atoms with Gasteiger partial charge in [-0.1, -0.05) is 54.6 Å². The van der Waals surface area contributed by atoms with Crippen LogP contribution in [0.5, 0.6) is 17.2 Å². The Morgan fingerprint density at radius 2 is 1.87 bits per heavy atom. The maximum Gasteiger partial charge on any atom is 0.265 e. The third kappa shape index (κ3) is 5.28. The van der Waals surface area contributed by atoms with E-state index in [1.54, 1.807) is 32.4 Å². The van der Waals surface area contributed by atoms with Gasteiger partial charge in [0, 0.05) is 7.05 Å². The predicted octanol–water partition coefficient (Wildman–Crippen LogP) is 5.20. The van der Waals surface area contributed by atoms with Gasteiger partial charge in [-0.25, -0.2) is 0 Å². The Bertz CT molecular complexity index is 976. The number of thioether (sulfide) groups is 1. The van der Waals surface area contributed by atoms with E-state index >= 15 is 0 Å². The number of benzene rings is 2. The number of thiocarbonyl (C=S) groups is 1. The molecule has 1 amide bonds. The van der Waals surface area contributed by atoms with Gasteiger partial charge in [0.2, 0.25) is 0 Å². The SMILES string of the molecule is CCc1ccc(OCCOc2c(Cl)cc(C=C3SC(=S)N(C)C3=O)cc2OC)cc1. The fourth-order valence-corrected chi connectivity index (χ4v) is 4.24. The topological polar surface area (TPSA) is 48.0 Å². The lowest BCUT2D eigenvalue weighted by Gasteiger charge is -2.14. The first kappa shape index (κ1) is 22.5. The smallest absolute Gasteiger partial charge is 0.265 e. The summed E-state index contributed by atoms with van der Waals surface area (Å²) >= 11 is 12.8. The first-order valence-corrected chi connectivity index (χ1v) is 11.0. The molecule has 0 bridgehead atoms. The van der Waals surface area contributed by atoms with E-state index in [1.807, 2.05) is 24.3 Å².